The molecule has 0 aliphatic rings. The molecular formula is C3H7NO3. The van der Waals surface area contributed by atoms with Crippen LogP contribution in [-0.4, -0.2) is 28.8 Å². The van der Waals surface area contributed by atoms with Gasteiger partial charge in [0, 0.05) is 0 Å². The molecule has 0 aromatic rings. The number of nitrogens with two attached hydrogens (primary N) is 1. The lowest BCUT2D eigenvalue weighted by atomic mass is 10.4. The number of carboxylic acids is 1. The van der Waals surface area contributed by atoms with E-state index >= 15 is 0 Å². The molecule has 0 spiro atoms. The lowest BCUT2D eigenvalue weighted by molar-refractivity contribution is -0.139. The van der Waals surface area contributed by atoms with Gasteiger partial charge in [-0.1, -0.05) is 0 Å². The molecule has 7 heavy (non-hydrogen) atoms. The summed E-state index contributed by atoms with van der Waals surface area (Å²) < 4.78 is 0. The molecule has 0 unspecified atom stereocenters. The maximum atomic E-state index is 9.65. The predicted octanol–water partition coefficient (Wildman–Crippen LogP) is -1.61. The van der Waals surface area contributed by atoms with Crippen LogP contribution in [0.4, 0.5) is 0 Å². The smallest absolute Gasteiger partial charge is 0.322 e. The van der Waals surface area contributed by atoms with Crippen LogP contribution in [0.1, 0.15) is 0 Å². The van der Waals surface area contributed by atoms with E-state index in [0.29, 0.717) is 0 Å². The summed E-state index contributed by atoms with van der Waals surface area (Å²) in [4.78, 5) is 9.65. The summed E-state index contributed by atoms with van der Waals surface area (Å²) in [7, 11) is 0. The van der Waals surface area contributed by atoms with Gasteiger partial charge in [-0.05, 0) is 0 Å². The van der Waals surface area contributed by atoms with Gasteiger partial charge in [0.2, 0.25) is 0 Å². The minimum atomic E-state index is -1.18. The molecule has 0 aromatic carbocycles. The first-order valence-corrected chi connectivity index (χ1v) is 1.77. The van der Waals surface area contributed by atoms with Crippen LogP contribution >= 0.6 is 0 Å². The normalized spacial score (nSPS) is 13.4. The van der Waals surface area contributed by atoms with E-state index < -0.39 is 18.6 Å². The monoisotopic (exact) mass is 106 g/mol. The first-order chi connectivity index (χ1) is 3.18. The van der Waals surface area contributed by atoms with Gasteiger partial charge in [-0.15, -0.1) is 0 Å². The van der Waals surface area contributed by atoms with Crippen molar-refractivity contribution in [2.45, 2.75) is 6.04 Å². The molecule has 4 nitrogen and oxygen atoms in total. The summed E-state index contributed by atoms with van der Waals surface area (Å²) in [6.07, 6.45) is 0. The molecule has 1 atom stereocenters. The molecule has 0 saturated carbocycles. The molecule has 4 heteroatoms. The third kappa shape index (κ3) is 2.13. The van der Waals surface area contributed by atoms with Crippen LogP contribution in [0.2, 0.25) is 0 Å². The lowest BCUT2D eigenvalue weighted by Crippen LogP contribution is -2.33. The van der Waals surface area contributed by atoms with Gasteiger partial charge in [0.1, 0.15) is 6.04 Å². The van der Waals surface area contributed by atoms with Crippen LogP contribution in [0.5, 0.6) is 0 Å². The number of carbonyl (C=O) groups is 1. The maximum Gasteiger partial charge on any atom is 0.322 e. The second-order valence-corrected chi connectivity index (χ2v) is 1.13. The molecule has 0 fully saturated rings. The number of aliphatic hydroxyl groups excluding tert-OH is 1. The fraction of sp³-hybridized carbons (Fsp3) is 0.667. The SMILES string of the molecule is [15NH2][C@H](CO)C(=O)O. The minimum absolute atomic E-state index is 0.505. The van der Waals surface area contributed by atoms with Gasteiger partial charge in [0.05, 0.1) is 6.61 Å². The van der Waals surface area contributed by atoms with Gasteiger partial charge in [0.25, 0.3) is 0 Å². The number of rotatable bonds is 2. The number of carboxylic acid groups (broad SMARTS) is 1. The van der Waals surface area contributed by atoms with Crippen molar-refractivity contribution in [3.8, 4) is 0 Å². The Kier molecular flexibility index (Phi) is 2.32. The van der Waals surface area contributed by atoms with E-state index in [4.69, 9.17) is 15.9 Å². The van der Waals surface area contributed by atoms with Gasteiger partial charge >= 0.3 is 5.97 Å². The van der Waals surface area contributed by atoms with Crippen LogP contribution < -0.4 is 5.73 Å². The highest BCUT2D eigenvalue weighted by molar-refractivity contribution is 5.73. The van der Waals surface area contributed by atoms with Crippen molar-refractivity contribution < 1.29 is 15.0 Å². The average molecular weight is 106 g/mol. The van der Waals surface area contributed by atoms with Crippen LogP contribution in [0, 0.1) is 0 Å². The molecule has 0 bridgehead atoms. The van der Waals surface area contributed by atoms with Crippen LogP contribution in [0.25, 0.3) is 0 Å². The Morgan fingerprint density at radius 1 is 1.86 bits per heavy atom. The Bertz CT molecular complexity index is 72.6. The molecule has 4 N–H and O–H groups in total. The molecule has 0 rings (SSSR count). The molecule has 0 amide bonds. The molecule has 0 heterocycles. The van der Waals surface area contributed by atoms with Gasteiger partial charge in [-0.3, -0.25) is 4.79 Å². The summed E-state index contributed by atoms with van der Waals surface area (Å²) in [5, 5.41) is 15.9. The van der Waals surface area contributed by atoms with Crippen molar-refractivity contribution in [1.29, 1.82) is 0 Å². The van der Waals surface area contributed by atoms with Gasteiger partial charge in [0.15, 0.2) is 0 Å². The van der Waals surface area contributed by atoms with Crippen molar-refractivity contribution in [3.05, 3.63) is 0 Å². The molecule has 0 aliphatic carbocycles. The van der Waals surface area contributed by atoms with E-state index in [2.05, 4.69) is 0 Å². The Labute approximate surface area is 40.6 Å². The Morgan fingerprint density at radius 3 is 2.29 bits per heavy atom. The Hall–Kier alpha value is -0.610. The number of aliphatic carboxylic acids is 1. The van der Waals surface area contributed by atoms with Crippen molar-refractivity contribution in [3.63, 3.8) is 0 Å². The summed E-state index contributed by atoms with van der Waals surface area (Å²) >= 11 is 0. The van der Waals surface area contributed by atoms with E-state index in [9.17, 15) is 4.79 Å². The number of hydrogen-bond donors (Lipinski definition) is 3. The molecule has 42 valence electrons. The van der Waals surface area contributed by atoms with Crippen LogP contribution in [-0.2, 0) is 4.79 Å². The molecule has 0 radical (unpaired) electrons. The summed E-state index contributed by atoms with van der Waals surface area (Å²) in [5.41, 5.74) is 4.77. The van der Waals surface area contributed by atoms with Crippen molar-refractivity contribution in [2.75, 3.05) is 6.61 Å². The second-order valence-electron chi connectivity index (χ2n) is 1.13. The van der Waals surface area contributed by atoms with Crippen molar-refractivity contribution in [2.24, 2.45) is 5.73 Å². The maximum absolute atomic E-state index is 9.65. The second kappa shape index (κ2) is 2.54. The molecule has 0 aromatic heterocycles. The third-order valence-electron chi connectivity index (χ3n) is 0.514. The molecule has 0 saturated heterocycles. The average Bonchev–Trinajstić information content (AvgIpc) is 1.65. The topological polar surface area (TPSA) is 83.5 Å². The van der Waals surface area contributed by atoms with Crippen molar-refractivity contribution >= 4 is 5.97 Å². The number of hydrogen-bond acceptors (Lipinski definition) is 3. The highest BCUT2D eigenvalue weighted by Crippen LogP contribution is 1.71. The zero-order chi connectivity index (χ0) is 5.86. The van der Waals surface area contributed by atoms with Crippen LogP contribution in [0.15, 0.2) is 0 Å². The van der Waals surface area contributed by atoms with E-state index in [-0.39, 0.29) is 0 Å². The summed E-state index contributed by atoms with van der Waals surface area (Å²) in [5.74, 6) is -1.18. The molecular weight excluding hydrogens is 99.0 g/mol. The number of aliphatic hydroxyl groups is 1. The van der Waals surface area contributed by atoms with Crippen LogP contribution in [0.3, 0.4) is 0 Å². The first-order valence-electron chi connectivity index (χ1n) is 1.77. The van der Waals surface area contributed by atoms with Gasteiger partial charge in [-0.2, -0.15) is 0 Å². The zero-order valence-electron chi connectivity index (χ0n) is 3.66. The van der Waals surface area contributed by atoms with E-state index in [0.717, 1.165) is 0 Å². The highest BCUT2D eigenvalue weighted by Gasteiger charge is 2.06. The van der Waals surface area contributed by atoms with Crippen molar-refractivity contribution in [1.82, 2.24) is 0 Å². The first kappa shape index (κ1) is 6.39. The quantitative estimate of drug-likeness (QED) is 0.370. The van der Waals surface area contributed by atoms with E-state index in [1.807, 2.05) is 0 Å². The highest BCUT2D eigenvalue weighted by atomic mass is 16.4. The lowest BCUT2D eigenvalue weighted by Gasteiger charge is -1.96. The van der Waals surface area contributed by atoms with Gasteiger partial charge in [-0.25, -0.2) is 0 Å². The largest absolute Gasteiger partial charge is 0.480 e. The zero-order valence-corrected chi connectivity index (χ0v) is 3.66. The summed E-state index contributed by atoms with van der Waals surface area (Å²) in [6.45, 7) is -0.505. The Balaban J connectivity index is 3.34. The third-order valence-corrected chi connectivity index (χ3v) is 0.514. The van der Waals surface area contributed by atoms with E-state index in [1.54, 1.807) is 0 Å². The fourth-order valence-corrected chi connectivity index (χ4v) is 0.0781. The van der Waals surface area contributed by atoms with E-state index in [1.165, 1.54) is 0 Å². The minimum Gasteiger partial charge on any atom is -0.480 e. The van der Waals surface area contributed by atoms with Gasteiger partial charge < -0.3 is 15.9 Å². The standard InChI is InChI=1S/C3H7NO3/c4-2(1-5)3(6)7/h2,5H,1,4H2,(H,6,7)/t2-/m1/s1/i4+1. The predicted molar refractivity (Wildman–Crippen MR) is 22.7 cm³/mol. The Morgan fingerprint density at radius 2 is 2.29 bits per heavy atom. The fourth-order valence-electron chi connectivity index (χ4n) is 0.0781. The summed E-state index contributed by atoms with van der Waals surface area (Å²) in [6, 6.07) is -1.13. The molecule has 0 aliphatic heterocycles.